The zero-order chi connectivity index (χ0) is 10.7. The van der Waals surface area contributed by atoms with E-state index < -0.39 is 11.6 Å². The molecule has 0 aliphatic carbocycles. The molecule has 0 fully saturated rings. The number of carbonyl (C=O) groups is 1. The number of hydrogen-bond acceptors (Lipinski definition) is 2. The highest BCUT2D eigenvalue weighted by Gasteiger charge is 2.12. The Balaban J connectivity index is 3.06. The predicted octanol–water partition coefficient (Wildman–Crippen LogP) is 2.26. The number of carbonyl (C=O) groups excluding carboxylic acids is 1. The molecule has 0 aliphatic heterocycles. The van der Waals surface area contributed by atoms with Crippen molar-refractivity contribution in [1.29, 1.82) is 0 Å². The molecule has 0 amide bonds. The van der Waals surface area contributed by atoms with Crippen LogP contribution in [-0.2, 0) is 0 Å². The molecule has 5 heteroatoms. The zero-order valence-corrected chi connectivity index (χ0v) is 8.77. The molecule has 0 spiro atoms. The van der Waals surface area contributed by atoms with Gasteiger partial charge in [0.1, 0.15) is 0 Å². The van der Waals surface area contributed by atoms with Crippen molar-refractivity contribution in [1.82, 2.24) is 0 Å². The molecule has 2 nitrogen and oxygen atoms in total. The van der Waals surface area contributed by atoms with Crippen LogP contribution in [0.15, 0.2) is 16.6 Å². The fourth-order valence-electron chi connectivity index (χ4n) is 0.992. The Morgan fingerprint density at radius 3 is 2.57 bits per heavy atom. The second kappa shape index (κ2) is 4.61. The first-order valence-electron chi connectivity index (χ1n) is 3.94. The molecule has 0 aliphatic rings. The third-order valence-electron chi connectivity index (χ3n) is 1.68. The molecule has 1 aromatic rings. The number of benzene rings is 1. The summed E-state index contributed by atoms with van der Waals surface area (Å²) in [5, 5.41) is 0. The Hall–Kier alpha value is -0.810. The Labute approximate surface area is 88.2 Å². The average molecular weight is 264 g/mol. The first-order chi connectivity index (χ1) is 6.56. The molecular formula is C9H8BrF2NO. The van der Waals surface area contributed by atoms with E-state index in [1.165, 1.54) is 6.07 Å². The Kier molecular flexibility index (Phi) is 3.71. The third-order valence-corrected chi connectivity index (χ3v) is 2.25. The van der Waals surface area contributed by atoms with Crippen LogP contribution in [0.5, 0.6) is 0 Å². The lowest BCUT2D eigenvalue weighted by atomic mass is 10.1. The fourth-order valence-corrected chi connectivity index (χ4v) is 1.43. The second-order valence-corrected chi connectivity index (χ2v) is 3.57. The largest absolute Gasteiger partial charge is 0.330 e. The van der Waals surface area contributed by atoms with Gasteiger partial charge in [-0.25, -0.2) is 8.78 Å². The third kappa shape index (κ3) is 2.36. The Morgan fingerprint density at radius 2 is 2.07 bits per heavy atom. The van der Waals surface area contributed by atoms with Gasteiger partial charge < -0.3 is 5.73 Å². The minimum absolute atomic E-state index is 0.0575. The number of ketones is 1. The van der Waals surface area contributed by atoms with Crippen LogP contribution in [0, 0.1) is 11.6 Å². The van der Waals surface area contributed by atoms with Crippen LogP contribution < -0.4 is 5.73 Å². The highest BCUT2D eigenvalue weighted by atomic mass is 79.9. The topological polar surface area (TPSA) is 43.1 Å². The number of nitrogens with two attached hydrogens (primary N) is 1. The molecule has 0 saturated heterocycles. The summed E-state index contributed by atoms with van der Waals surface area (Å²) >= 11 is 2.82. The fraction of sp³-hybridized carbons (Fsp3) is 0.222. The lowest BCUT2D eigenvalue weighted by Crippen LogP contribution is -2.08. The number of halogens is 3. The summed E-state index contributed by atoms with van der Waals surface area (Å²) < 4.78 is 25.6. The molecule has 76 valence electrons. The number of hydrogen-bond donors (Lipinski definition) is 1. The van der Waals surface area contributed by atoms with E-state index in [-0.39, 0.29) is 28.8 Å². The Morgan fingerprint density at radius 1 is 1.43 bits per heavy atom. The molecule has 1 rings (SSSR count). The van der Waals surface area contributed by atoms with E-state index in [9.17, 15) is 13.6 Å². The van der Waals surface area contributed by atoms with Gasteiger partial charge in [0.25, 0.3) is 0 Å². The van der Waals surface area contributed by atoms with Crippen LogP contribution in [0.4, 0.5) is 8.78 Å². The van der Waals surface area contributed by atoms with Crippen molar-refractivity contribution < 1.29 is 13.6 Å². The smallest absolute Gasteiger partial charge is 0.173 e. The summed E-state index contributed by atoms with van der Waals surface area (Å²) in [6, 6.07) is 2.12. The van der Waals surface area contributed by atoms with E-state index in [2.05, 4.69) is 15.9 Å². The molecule has 1 aromatic carbocycles. The van der Waals surface area contributed by atoms with Crippen LogP contribution >= 0.6 is 15.9 Å². The van der Waals surface area contributed by atoms with Gasteiger partial charge >= 0.3 is 0 Å². The molecule has 2 N–H and O–H groups in total. The van der Waals surface area contributed by atoms with Gasteiger partial charge in [-0.05, 0) is 34.6 Å². The van der Waals surface area contributed by atoms with Gasteiger partial charge in [0.05, 0.1) is 4.47 Å². The van der Waals surface area contributed by atoms with E-state index in [1.54, 1.807) is 0 Å². The van der Waals surface area contributed by atoms with Gasteiger partial charge in [0, 0.05) is 12.0 Å². The maximum Gasteiger partial charge on any atom is 0.173 e. The Bertz CT molecular complexity index is 345. The first kappa shape index (κ1) is 11.3. The minimum Gasteiger partial charge on any atom is -0.330 e. The number of Topliss-reactive ketones (excluding diaryl/α,β-unsaturated/α-hetero) is 1. The van der Waals surface area contributed by atoms with Crippen LogP contribution in [0.1, 0.15) is 16.8 Å². The van der Waals surface area contributed by atoms with Crippen LogP contribution in [-0.4, -0.2) is 12.3 Å². The van der Waals surface area contributed by atoms with Crippen molar-refractivity contribution in [2.45, 2.75) is 6.42 Å². The van der Waals surface area contributed by atoms with Gasteiger partial charge in [-0.15, -0.1) is 0 Å². The second-order valence-electron chi connectivity index (χ2n) is 2.72. The van der Waals surface area contributed by atoms with E-state index >= 15 is 0 Å². The predicted molar refractivity (Wildman–Crippen MR) is 52.1 cm³/mol. The van der Waals surface area contributed by atoms with Crippen molar-refractivity contribution in [3.8, 4) is 0 Å². The van der Waals surface area contributed by atoms with E-state index in [1.807, 2.05) is 0 Å². The summed E-state index contributed by atoms with van der Waals surface area (Å²) in [6.45, 7) is 0.190. The lowest BCUT2D eigenvalue weighted by Gasteiger charge is -2.02. The summed E-state index contributed by atoms with van der Waals surface area (Å²) in [6.07, 6.45) is 0.123. The van der Waals surface area contributed by atoms with Crippen LogP contribution in [0.25, 0.3) is 0 Å². The van der Waals surface area contributed by atoms with Crippen molar-refractivity contribution in [2.24, 2.45) is 5.73 Å². The molecule has 0 radical (unpaired) electrons. The van der Waals surface area contributed by atoms with Crippen LogP contribution in [0.2, 0.25) is 0 Å². The quantitative estimate of drug-likeness (QED) is 0.672. The molecule has 0 aromatic heterocycles. The van der Waals surface area contributed by atoms with Crippen molar-refractivity contribution in [2.75, 3.05) is 6.54 Å². The number of rotatable bonds is 3. The maximum absolute atomic E-state index is 12.9. The standard InChI is InChI=1S/C9H8BrF2NO/c10-6-3-5(8(14)1-2-13)4-7(11)9(6)12/h3-4H,1-2,13H2. The maximum atomic E-state index is 12.9. The lowest BCUT2D eigenvalue weighted by molar-refractivity contribution is 0.0985. The van der Waals surface area contributed by atoms with Gasteiger partial charge in [0.2, 0.25) is 0 Å². The average Bonchev–Trinajstić information content (AvgIpc) is 2.13. The molecule has 0 saturated carbocycles. The van der Waals surface area contributed by atoms with Crippen molar-refractivity contribution >= 4 is 21.7 Å². The van der Waals surface area contributed by atoms with Crippen molar-refractivity contribution in [3.05, 3.63) is 33.8 Å². The summed E-state index contributed by atoms with van der Waals surface area (Å²) in [7, 11) is 0. The molecule has 0 unspecified atom stereocenters. The van der Waals surface area contributed by atoms with Gasteiger partial charge in [-0.1, -0.05) is 0 Å². The SMILES string of the molecule is NCCC(=O)c1cc(F)c(F)c(Br)c1. The summed E-state index contributed by atoms with van der Waals surface area (Å²) in [5.74, 6) is -2.33. The monoisotopic (exact) mass is 263 g/mol. The van der Waals surface area contributed by atoms with E-state index in [0.29, 0.717) is 0 Å². The van der Waals surface area contributed by atoms with Gasteiger partial charge in [0.15, 0.2) is 17.4 Å². The summed E-state index contributed by atoms with van der Waals surface area (Å²) in [4.78, 5) is 11.3. The first-order valence-corrected chi connectivity index (χ1v) is 4.73. The molecular weight excluding hydrogens is 256 g/mol. The highest BCUT2D eigenvalue weighted by molar-refractivity contribution is 9.10. The van der Waals surface area contributed by atoms with Gasteiger partial charge in [-0.3, -0.25) is 4.79 Å². The molecule has 0 atom stereocenters. The molecule has 0 heterocycles. The minimum atomic E-state index is -1.04. The molecule has 0 bridgehead atoms. The van der Waals surface area contributed by atoms with Crippen molar-refractivity contribution in [3.63, 3.8) is 0 Å². The molecule has 14 heavy (non-hydrogen) atoms. The van der Waals surface area contributed by atoms with E-state index in [0.717, 1.165) is 6.07 Å². The highest BCUT2D eigenvalue weighted by Crippen LogP contribution is 2.20. The zero-order valence-electron chi connectivity index (χ0n) is 7.19. The summed E-state index contributed by atoms with van der Waals surface area (Å²) in [5.41, 5.74) is 5.30. The van der Waals surface area contributed by atoms with Crippen LogP contribution in [0.3, 0.4) is 0 Å². The normalized spacial score (nSPS) is 10.3. The van der Waals surface area contributed by atoms with E-state index in [4.69, 9.17) is 5.73 Å². The van der Waals surface area contributed by atoms with Gasteiger partial charge in [-0.2, -0.15) is 0 Å².